The fourth-order valence-corrected chi connectivity index (χ4v) is 7.47. The number of piperidine rings is 1. The Morgan fingerprint density at radius 2 is 1.61 bits per heavy atom. The van der Waals surface area contributed by atoms with Crippen molar-refractivity contribution in [1.29, 1.82) is 0 Å². The SMILES string of the molecule is CC(C)(C)OC(=O)Nc1ccccc1N(C1CCNCC1)C12CC3CC(CC(C3)C1)C2. The molecule has 31 heavy (non-hydrogen) atoms. The predicted molar refractivity (Wildman–Crippen MR) is 126 cm³/mol. The maximum absolute atomic E-state index is 12.7. The van der Waals surface area contributed by atoms with Gasteiger partial charge in [0, 0.05) is 11.6 Å². The average Bonchev–Trinajstić information content (AvgIpc) is 2.68. The Labute approximate surface area is 187 Å². The Morgan fingerprint density at radius 3 is 2.19 bits per heavy atom. The number of anilines is 2. The molecule has 0 unspecified atom stereocenters. The van der Waals surface area contributed by atoms with Gasteiger partial charge < -0.3 is 15.0 Å². The normalized spacial score (nSPS) is 32.7. The van der Waals surface area contributed by atoms with E-state index >= 15 is 0 Å². The second kappa shape index (κ2) is 7.99. The highest BCUT2D eigenvalue weighted by atomic mass is 16.6. The van der Waals surface area contributed by atoms with E-state index in [4.69, 9.17) is 4.74 Å². The Bertz CT molecular complexity index is 774. The van der Waals surface area contributed by atoms with Crippen LogP contribution in [-0.2, 0) is 4.74 Å². The molecule has 1 aromatic carbocycles. The van der Waals surface area contributed by atoms with E-state index in [9.17, 15) is 4.79 Å². The summed E-state index contributed by atoms with van der Waals surface area (Å²) >= 11 is 0. The number of hydrogen-bond donors (Lipinski definition) is 2. The van der Waals surface area contributed by atoms with Crippen LogP contribution in [0.2, 0.25) is 0 Å². The third-order valence-corrected chi connectivity index (χ3v) is 7.99. The van der Waals surface area contributed by atoms with Crippen LogP contribution in [0.1, 0.15) is 72.1 Å². The van der Waals surface area contributed by atoms with E-state index in [-0.39, 0.29) is 11.6 Å². The quantitative estimate of drug-likeness (QED) is 0.663. The van der Waals surface area contributed by atoms with Crippen LogP contribution >= 0.6 is 0 Å². The predicted octanol–water partition coefficient (Wildman–Crippen LogP) is 5.56. The highest BCUT2D eigenvalue weighted by Gasteiger charge is 2.55. The van der Waals surface area contributed by atoms with Crippen molar-refractivity contribution < 1.29 is 9.53 Å². The van der Waals surface area contributed by atoms with Gasteiger partial charge in [-0.05, 0) is 115 Å². The first-order valence-corrected chi connectivity index (χ1v) is 12.4. The van der Waals surface area contributed by atoms with Crippen molar-refractivity contribution in [3.63, 3.8) is 0 Å². The van der Waals surface area contributed by atoms with Gasteiger partial charge in [-0.25, -0.2) is 4.79 Å². The molecule has 1 heterocycles. The lowest BCUT2D eigenvalue weighted by Gasteiger charge is -2.63. The van der Waals surface area contributed by atoms with E-state index in [0.29, 0.717) is 6.04 Å². The number of hydrogen-bond acceptors (Lipinski definition) is 4. The zero-order chi connectivity index (χ0) is 21.6. The molecule has 4 aliphatic carbocycles. The minimum atomic E-state index is -0.506. The Balaban J connectivity index is 1.50. The van der Waals surface area contributed by atoms with E-state index in [1.165, 1.54) is 57.1 Å². The van der Waals surface area contributed by atoms with Gasteiger partial charge in [-0.15, -0.1) is 0 Å². The maximum atomic E-state index is 12.7. The van der Waals surface area contributed by atoms with Gasteiger partial charge >= 0.3 is 6.09 Å². The van der Waals surface area contributed by atoms with Crippen LogP contribution in [0.4, 0.5) is 16.2 Å². The molecule has 170 valence electrons. The Kier molecular flexibility index (Phi) is 5.44. The lowest BCUT2D eigenvalue weighted by molar-refractivity contribution is -0.00925. The third-order valence-electron chi connectivity index (χ3n) is 7.99. The molecule has 0 spiro atoms. The molecule has 5 nitrogen and oxygen atoms in total. The summed E-state index contributed by atoms with van der Waals surface area (Å²) in [5.41, 5.74) is 1.84. The smallest absolute Gasteiger partial charge is 0.412 e. The Hall–Kier alpha value is -1.75. The van der Waals surface area contributed by atoms with Crippen molar-refractivity contribution in [2.75, 3.05) is 23.3 Å². The van der Waals surface area contributed by atoms with E-state index < -0.39 is 5.60 Å². The van der Waals surface area contributed by atoms with Crippen molar-refractivity contribution in [2.45, 2.75) is 89.3 Å². The van der Waals surface area contributed by atoms with Gasteiger partial charge in [0.05, 0.1) is 11.4 Å². The number of carbonyl (C=O) groups excluding carboxylic acids is 1. The maximum Gasteiger partial charge on any atom is 0.412 e. The fraction of sp³-hybridized carbons (Fsp3) is 0.731. The number of carbonyl (C=O) groups is 1. The monoisotopic (exact) mass is 425 g/mol. The number of amides is 1. The van der Waals surface area contributed by atoms with Gasteiger partial charge in [-0.1, -0.05) is 12.1 Å². The minimum Gasteiger partial charge on any atom is -0.444 e. The highest BCUT2D eigenvalue weighted by molar-refractivity contribution is 5.90. The van der Waals surface area contributed by atoms with Crippen LogP contribution in [0.5, 0.6) is 0 Å². The molecule has 1 saturated heterocycles. The van der Waals surface area contributed by atoms with Crippen LogP contribution in [0.3, 0.4) is 0 Å². The van der Waals surface area contributed by atoms with Crippen molar-refractivity contribution in [2.24, 2.45) is 17.8 Å². The lowest BCUT2D eigenvalue weighted by Crippen LogP contribution is -2.64. The van der Waals surface area contributed by atoms with Gasteiger partial charge in [-0.2, -0.15) is 0 Å². The first-order valence-electron chi connectivity index (χ1n) is 12.4. The zero-order valence-corrected chi connectivity index (χ0v) is 19.5. The molecule has 4 saturated carbocycles. The van der Waals surface area contributed by atoms with Crippen molar-refractivity contribution >= 4 is 17.5 Å². The molecule has 2 N–H and O–H groups in total. The van der Waals surface area contributed by atoms with Gasteiger partial charge in [0.25, 0.3) is 0 Å². The highest BCUT2D eigenvalue weighted by Crippen LogP contribution is 2.59. The summed E-state index contributed by atoms with van der Waals surface area (Å²) in [7, 11) is 0. The van der Waals surface area contributed by atoms with Crippen LogP contribution in [0, 0.1) is 17.8 Å². The number of nitrogens with zero attached hydrogens (tertiary/aromatic N) is 1. The number of ether oxygens (including phenoxy) is 1. The molecule has 6 rings (SSSR count). The molecular formula is C26H39N3O2. The lowest BCUT2D eigenvalue weighted by atomic mass is 9.52. The average molecular weight is 426 g/mol. The van der Waals surface area contributed by atoms with Crippen molar-refractivity contribution in [3.05, 3.63) is 24.3 Å². The molecule has 1 aliphatic heterocycles. The zero-order valence-electron chi connectivity index (χ0n) is 19.5. The van der Waals surface area contributed by atoms with E-state index in [0.717, 1.165) is 36.5 Å². The number of para-hydroxylation sites is 2. The van der Waals surface area contributed by atoms with Crippen LogP contribution in [-0.4, -0.2) is 36.4 Å². The third kappa shape index (κ3) is 4.30. The van der Waals surface area contributed by atoms with E-state index in [1.54, 1.807) is 0 Å². The molecule has 5 heteroatoms. The van der Waals surface area contributed by atoms with Gasteiger partial charge in [-0.3, -0.25) is 5.32 Å². The van der Waals surface area contributed by atoms with Crippen LogP contribution in [0.15, 0.2) is 24.3 Å². The van der Waals surface area contributed by atoms with Gasteiger partial charge in [0.15, 0.2) is 0 Å². The van der Waals surface area contributed by atoms with E-state index in [1.807, 2.05) is 32.9 Å². The molecule has 4 bridgehead atoms. The van der Waals surface area contributed by atoms with Crippen molar-refractivity contribution in [3.8, 4) is 0 Å². The number of rotatable bonds is 4. The topological polar surface area (TPSA) is 53.6 Å². The Morgan fingerprint density at radius 1 is 1.03 bits per heavy atom. The van der Waals surface area contributed by atoms with Gasteiger partial charge in [0.2, 0.25) is 0 Å². The first-order chi connectivity index (χ1) is 14.8. The molecule has 5 aliphatic rings. The van der Waals surface area contributed by atoms with Crippen LogP contribution in [0.25, 0.3) is 0 Å². The molecule has 5 fully saturated rings. The standard InChI is InChI=1S/C26H39N3O2/c1-25(2,3)31-24(30)28-22-6-4-5-7-23(22)29(21-8-10-27-11-9-21)26-15-18-12-19(16-26)14-20(13-18)17-26/h4-7,18-21,27H,8-17H2,1-3H3,(H,28,30). The summed E-state index contributed by atoms with van der Waals surface area (Å²) < 4.78 is 5.59. The van der Waals surface area contributed by atoms with E-state index in [2.05, 4.69) is 27.7 Å². The summed E-state index contributed by atoms with van der Waals surface area (Å²) in [4.78, 5) is 15.5. The summed E-state index contributed by atoms with van der Waals surface area (Å²) in [5, 5.41) is 6.65. The molecule has 1 aromatic rings. The summed E-state index contributed by atoms with van der Waals surface area (Å²) in [6.45, 7) is 7.89. The number of benzene rings is 1. The summed E-state index contributed by atoms with van der Waals surface area (Å²) in [5.74, 6) is 2.67. The number of nitrogens with one attached hydrogen (secondary N) is 2. The minimum absolute atomic E-state index is 0.252. The molecule has 0 radical (unpaired) electrons. The van der Waals surface area contributed by atoms with Gasteiger partial charge in [0.1, 0.15) is 5.60 Å². The molecule has 1 amide bonds. The molecular weight excluding hydrogens is 386 g/mol. The largest absolute Gasteiger partial charge is 0.444 e. The first kappa shape index (κ1) is 21.1. The van der Waals surface area contributed by atoms with Crippen molar-refractivity contribution in [1.82, 2.24) is 5.32 Å². The molecule has 0 aromatic heterocycles. The van der Waals surface area contributed by atoms with Crippen LogP contribution < -0.4 is 15.5 Å². The molecule has 0 atom stereocenters. The second-order valence-electron chi connectivity index (χ2n) is 11.6. The fourth-order valence-electron chi connectivity index (χ4n) is 7.47. The second-order valence-corrected chi connectivity index (χ2v) is 11.6. The summed E-state index contributed by atoms with van der Waals surface area (Å²) in [6, 6.07) is 8.96. The summed E-state index contributed by atoms with van der Waals surface area (Å²) in [6.07, 6.45) is 10.3.